The highest BCUT2D eigenvalue weighted by Crippen LogP contribution is 2.32. The van der Waals surface area contributed by atoms with Crippen LogP contribution in [0.5, 0.6) is 5.75 Å². The molecule has 182 valence electrons. The van der Waals surface area contributed by atoms with Crippen molar-refractivity contribution in [1.82, 2.24) is 25.1 Å². The van der Waals surface area contributed by atoms with Gasteiger partial charge in [-0.3, -0.25) is 4.90 Å². The van der Waals surface area contributed by atoms with E-state index in [4.69, 9.17) is 5.73 Å². The van der Waals surface area contributed by atoms with E-state index < -0.39 is 5.82 Å². The number of anilines is 3. The number of phenols is 1. The number of nitrogens with zero attached hydrogens (tertiary/aromatic N) is 7. The molecule has 1 saturated heterocycles. The molecule has 0 unspecified atom stereocenters. The molecule has 3 aromatic rings. The largest absolute Gasteiger partial charge is 0.507 e. The van der Waals surface area contributed by atoms with E-state index in [2.05, 4.69) is 36.9 Å². The van der Waals surface area contributed by atoms with E-state index in [1.165, 1.54) is 6.20 Å². The lowest BCUT2D eigenvalue weighted by Crippen LogP contribution is -2.36. The van der Waals surface area contributed by atoms with Gasteiger partial charge in [-0.1, -0.05) is 18.1 Å². The Morgan fingerprint density at radius 2 is 2.00 bits per heavy atom. The maximum Gasteiger partial charge on any atom is 0.207 e. The van der Waals surface area contributed by atoms with Gasteiger partial charge < -0.3 is 20.6 Å². The normalized spacial score (nSPS) is 16.1. The number of hydrogen-bond acceptors (Lipinski definition) is 9. The fourth-order valence-electron chi connectivity index (χ4n) is 3.98. The minimum absolute atomic E-state index is 0.0284. The van der Waals surface area contributed by atoms with Gasteiger partial charge in [0, 0.05) is 31.2 Å². The highest BCUT2D eigenvalue weighted by Gasteiger charge is 2.26. The second kappa shape index (κ2) is 10.5. The molecule has 10 heteroatoms. The molecule has 2 aromatic heterocycles. The van der Waals surface area contributed by atoms with Crippen LogP contribution in [0.15, 0.2) is 36.5 Å². The number of para-hydroxylation sites is 1. The number of hydrogen-bond donors (Lipinski definition) is 2. The van der Waals surface area contributed by atoms with Crippen molar-refractivity contribution < 1.29 is 9.50 Å². The lowest BCUT2D eigenvalue weighted by Gasteiger charge is -2.28. The van der Waals surface area contributed by atoms with Gasteiger partial charge in [0.15, 0.2) is 17.5 Å². The third kappa shape index (κ3) is 5.58. The van der Waals surface area contributed by atoms with E-state index in [1.54, 1.807) is 18.2 Å². The van der Waals surface area contributed by atoms with E-state index in [1.807, 2.05) is 43.0 Å². The fraction of sp³-hybridized carbons (Fsp3) is 0.360. The highest BCUT2D eigenvalue weighted by molar-refractivity contribution is 5.74. The summed E-state index contributed by atoms with van der Waals surface area (Å²) in [5, 5.41) is 18.5. The van der Waals surface area contributed by atoms with Crippen LogP contribution < -0.4 is 15.5 Å². The molecule has 4 rings (SSSR count). The fourth-order valence-corrected chi connectivity index (χ4v) is 3.98. The van der Waals surface area contributed by atoms with Crippen LogP contribution in [0.4, 0.5) is 21.7 Å². The number of rotatable bonds is 4. The Hall–Kier alpha value is -3.97. The second-order valence-corrected chi connectivity index (χ2v) is 8.74. The molecule has 1 aromatic carbocycles. The quantitative estimate of drug-likeness (QED) is 0.549. The molecular weight excluding hydrogens is 447 g/mol. The standard InChI is InChI=1S/C25H29FN8O/c1-17-10-12-33(21-15-20(30-31-24(21)27)18-7-4-5-8-22(18)35)13-14-34(17)25-19(26)16-28-23(29-25)9-6-11-32(2)3/h4-5,7-8,15-17,35H,10-14H2,1-3H3,(H2,27,31)/t17-/m0/s1. The first-order valence-electron chi connectivity index (χ1n) is 11.4. The summed E-state index contributed by atoms with van der Waals surface area (Å²) >= 11 is 0. The van der Waals surface area contributed by atoms with Gasteiger partial charge in [0.05, 0.1) is 24.1 Å². The summed E-state index contributed by atoms with van der Waals surface area (Å²) in [4.78, 5) is 14.4. The van der Waals surface area contributed by atoms with Crippen LogP contribution in [-0.4, -0.2) is 76.5 Å². The number of benzene rings is 1. The molecule has 0 spiro atoms. The Labute approximate surface area is 204 Å². The maximum absolute atomic E-state index is 14.8. The number of aromatic hydroxyl groups is 1. The molecular formula is C25H29FN8O. The van der Waals surface area contributed by atoms with Crippen molar-refractivity contribution in [3.05, 3.63) is 48.2 Å². The lowest BCUT2D eigenvalue weighted by molar-refractivity contribution is 0.464. The van der Waals surface area contributed by atoms with Gasteiger partial charge in [0.1, 0.15) is 5.75 Å². The summed E-state index contributed by atoms with van der Waals surface area (Å²) in [7, 11) is 3.85. The molecule has 1 aliphatic rings. The van der Waals surface area contributed by atoms with Crippen molar-refractivity contribution in [1.29, 1.82) is 0 Å². The molecule has 3 heterocycles. The predicted octanol–water partition coefficient (Wildman–Crippen LogP) is 2.38. The lowest BCUT2D eigenvalue weighted by atomic mass is 10.1. The van der Waals surface area contributed by atoms with E-state index in [-0.39, 0.29) is 17.6 Å². The summed E-state index contributed by atoms with van der Waals surface area (Å²) in [6.45, 7) is 4.40. The van der Waals surface area contributed by atoms with E-state index in [0.29, 0.717) is 49.1 Å². The Bertz CT molecular complexity index is 1260. The van der Waals surface area contributed by atoms with Gasteiger partial charge in [-0.2, -0.15) is 0 Å². The van der Waals surface area contributed by atoms with Gasteiger partial charge in [0.2, 0.25) is 5.82 Å². The van der Waals surface area contributed by atoms with Crippen molar-refractivity contribution >= 4 is 17.3 Å². The molecule has 1 aliphatic heterocycles. The van der Waals surface area contributed by atoms with Crippen molar-refractivity contribution in [3.63, 3.8) is 0 Å². The first-order valence-corrected chi connectivity index (χ1v) is 11.4. The number of nitrogen functional groups attached to an aromatic ring is 1. The zero-order valence-electron chi connectivity index (χ0n) is 20.1. The van der Waals surface area contributed by atoms with Gasteiger partial charge in [-0.25, -0.2) is 14.4 Å². The van der Waals surface area contributed by atoms with Crippen LogP contribution >= 0.6 is 0 Å². The van der Waals surface area contributed by atoms with E-state index in [0.717, 1.165) is 12.1 Å². The smallest absolute Gasteiger partial charge is 0.207 e. The van der Waals surface area contributed by atoms with Crippen LogP contribution in [0.2, 0.25) is 0 Å². The summed E-state index contributed by atoms with van der Waals surface area (Å²) in [5.41, 5.74) is 8.03. The van der Waals surface area contributed by atoms with E-state index >= 15 is 0 Å². The number of phenolic OH excluding ortho intramolecular Hbond substituents is 1. The molecule has 3 N–H and O–H groups in total. The Morgan fingerprint density at radius 3 is 2.77 bits per heavy atom. The van der Waals surface area contributed by atoms with Gasteiger partial charge in [0.25, 0.3) is 0 Å². The summed E-state index contributed by atoms with van der Waals surface area (Å²) in [6, 6.07) is 8.83. The molecule has 1 atom stereocenters. The third-order valence-electron chi connectivity index (χ3n) is 5.87. The molecule has 0 aliphatic carbocycles. The van der Waals surface area contributed by atoms with Crippen LogP contribution in [0, 0.1) is 17.7 Å². The maximum atomic E-state index is 14.8. The predicted molar refractivity (Wildman–Crippen MR) is 135 cm³/mol. The minimum Gasteiger partial charge on any atom is -0.507 e. The zero-order valence-corrected chi connectivity index (χ0v) is 20.1. The molecule has 0 bridgehead atoms. The molecule has 0 radical (unpaired) electrons. The molecule has 0 amide bonds. The van der Waals surface area contributed by atoms with Crippen molar-refractivity contribution in [3.8, 4) is 28.8 Å². The van der Waals surface area contributed by atoms with Crippen molar-refractivity contribution in [2.75, 3.05) is 55.8 Å². The highest BCUT2D eigenvalue weighted by atomic mass is 19.1. The average Bonchev–Trinajstić information content (AvgIpc) is 3.02. The minimum atomic E-state index is -0.476. The second-order valence-electron chi connectivity index (χ2n) is 8.74. The Kier molecular flexibility index (Phi) is 7.27. The topological polar surface area (TPSA) is 108 Å². The van der Waals surface area contributed by atoms with E-state index in [9.17, 15) is 9.50 Å². The summed E-state index contributed by atoms with van der Waals surface area (Å²) in [6.07, 6.45) is 1.93. The van der Waals surface area contributed by atoms with Crippen LogP contribution in [-0.2, 0) is 0 Å². The van der Waals surface area contributed by atoms with Crippen molar-refractivity contribution in [2.45, 2.75) is 19.4 Å². The molecule has 0 saturated carbocycles. The first kappa shape index (κ1) is 24.2. The first-order chi connectivity index (χ1) is 16.8. The molecule has 9 nitrogen and oxygen atoms in total. The average molecular weight is 477 g/mol. The number of halogens is 1. The van der Waals surface area contributed by atoms with Gasteiger partial charge >= 0.3 is 0 Å². The number of nitrogens with two attached hydrogens (primary N) is 1. The Balaban J connectivity index is 1.58. The molecule has 1 fully saturated rings. The number of aromatic nitrogens is 4. The third-order valence-corrected chi connectivity index (χ3v) is 5.87. The summed E-state index contributed by atoms with van der Waals surface area (Å²) in [5.74, 6) is 6.40. The van der Waals surface area contributed by atoms with Gasteiger partial charge in [-0.05, 0) is 51.6 Å². The monoisotopic (exact) mass is 476 g/mol. The Morgan fingerprint density at radius 1 is 1.20 bits per heavy atom. The van der Waals surface area contributed by atoms with Gasteiger partial charge in [-0.15, -0.1) is 10.2 Å². The van der Waals surface area contributed by atoms with Crippen LogP contribution in [0.25, 0.3) is 11.3 Å². The SMILES string of the molecule is C[C@H]1CCN(c2cc(-c3ccccc3O)nnc2N)CCN1c1nc(C#CCN(C)C)ncc1F. The van der Waals surface area contributed by atoms with Crippen molar-refractivity contribution in [2.24, 2.45) is 0 Å². The zero-order chi connectivity index (χ0) is 24.9. The van der Waals surface area contributed by atoms with Crippen LogP contribution in [0.3, 0.4) is 0 Å². The summed E-state index contributed by atoms with van der Waals surface area (Å²) < 4.78 is 14.8. The van der Waals surface area contributed by atoms with Crippen LogP contribution in [0.1, 0.15) is 19.2 Å². The molecule has 35 heavy (non-hydrogen) atoms.